The van der Waals surface area contributed by atoms with Crippen molar-refractivity contribution in [1.82, 2.24) is 15.8 Å². The zero-order chi connectivity index (χ0) is 17.2. The number of hydrogen-bond donors (Lipinski definition) is 2. The van der Waals surface area contributed by atoms with Gasteiger partial charge in [0, 0.05) is 24.1 Å². The molecule has 0 unspecified atom stereocenters. The number of nitrogens with zero attached hydrogens (tertiary/aromatic N) is 1. The van der Waals surface area contributed by atoms with E-state index in [2.05, 4.69) is 34.8 Å². The van der Waals surface area contributed by atoms with Gasteiger partial charge >= 0.3 is 0 Å². The number of rotatable bonds is 5. The molecule has 128 valence electrons. The van der Waals surface area contributed by atoms with Crippen molar-refractivity contribution < 1.29 is 9.32 Å². The van der Waals surface area contributed by atoms with Gasteiger partial charge in [0.2, 0.25) is 5.91 Å². The Hall–Kier alpha value is -2.14. The third-order valence-electron chi connectivity index (χ3n) is 4.48. The smallest absolute Gasteiger partial charge is 0.240 e. The van der Waals surface area contributed by atoms with Crippen LogP contribution < -0.4 is 10.6 Å². The lowest BCUT2D eigenvalue weighted by molar-refractivity contribution is -0.127. The van der Waals surface area contributed by atoms with Gasteiger partial charge in [0.05, 0.1) is 0 Å². The zero-order valence-electron chi connectivity index (χ0n) is 14.6. The monoisotopic (exact) mass is 327 g/mol. The van der Waals surface area contributed by atoms with E-state index in [4.69, 9.17) is 4.52 Å². The number of benzene rings is 1. The Bertz CT molecular complexity index is 698. The highest BCUT2D eigenvalue weighted by Gasteiger charge is 2.42. The Morgan fingerprint density at radius 2 is 2.12 bits per heavy atom. The molecule has 2 heterocycles. The minimum Gasteiger partial charge on any atom is -0.361 e. The minimum atomic E-state index is -0.589. The minimum absolute atomic E-state index is 0.0447. The number of amides is 1. The molecule has 3 rings (SSSR count). The average molecular weight is 327 g/mol. The molecule has 0 spiro atoms. The molecule has 0 aliphatic carbocycles. The second-order valence-electron chi connectivity index (χ2n) is 6.96. The first-order valence-electron chi connectivity index (χ1n) is 8.57. The van der Waals surface area contributed by atoms with E-state index < -0.39 is 5.54 Å². The average Bonchev–Trinajstić information content (AvgIpc) is 3.18. The fourth-order valence-corrected chi connectivity index (χ4v) is 3.19. The van der Waals surface area contributed by atoms with Gasteiger partial charge in [0.25, 0.3) is 0 Å². The van der Waals surface area contributed by atoms with Crippen LogP contribution in [0.1, 0.15) is 38.0 Å². The molecule has 1 aliphatic heterocycles. The van der Waals surface area contributed by atoms with E-state index in [1.807, 2.05) is 32.0 Å². The summed E-state index contributed by atoms with van der Waals surface area (Å²) in [5.41, 5.74) is 2.45. The predicted octanol–water partition coefficient (Wildman–Crippen LogP) is 2.84. The SMILES string of the molecule is Cc1ccc(-c2cc(C[C@@]3(C(=O)NC(C)C)CCCN3)on2)cc1. The maximum absolute atomic E-state index is 12.7. The summed E-state index contributed by atoms with van der Waals surface area (Å²) < 4.78 is 5.52. The largest absolute Gasteiger partial charge is 0.361 e. The fraction of sp³-hybridized carbons (Fsp3) is 0.474. The molecule has 1 atom stereocenters. The molecule has 0 saturated carbocycles. The van der Waals surface area contributed by atoms with Gasteiger partial charge in [-0.15, -0.1) is 0 Å². The second kappa shape index (κ2) is 6.77. The highest BCUT2D eigenvalue weighted by molar-refractivity contribution is 5.87. The van der Waals surface area contributed by atoms with Crippen LogP contribution in [0.3, 0.4) is 0 Å². The van der Waals surface area contributed by atoms with Crippen LogP contribution in [0.25, 0.3) is 11.3 Å². The van der Waals surface area contributed by atoms with Gasteiger partial charge in [-0.1, -0.05) is 35.0 Å². The summed E-state index contributed by atoms with van der Waals surface area (Å²) in [6.07, 6.45) is 2.32. The number of aryl methyl sites for hydroxylation is 1. The highest BCUT2D eigenvalue weighted by atomic mass is 16.5. The van der Waals surface area contributed by atoms with E-state index in [1.54, 1.807) is 0 Å². The molecule has 1 aromatic carbocycles. The Kier molecular flexibility index (Phi) is 4.71. The van der Waals surface area contributed by atoms with Crippen LogP contribution in [0.5, 0.6) is 0 Å². The number of aromatic nitrogens is 1. The van der Waals surface area contributed by atoms with Crippen LogP contribution in [0.2, 0.25) is 0 Å². The first-order chi connectivity index (χ1) is 11.5. The van der Waals surface area contributed by atoms with Gasteiger partial charge < -0.3 is 15.2 Å². The molecular formula is C19H25N3O2. The van der Waals surface area contributed by atoms with Crippen LogP contribution in [-0.2, 0) is 11.2 Å². The molecular weight excluding hydrogens is 302 g/mol. The summed E-state index contributed by atoms with van der Waals surface area (Å²) in [5.74, 6) is 0.780. The first-order valence-corrected chi connectivity index (χ1v) is 8.57. The highest BCUT2D eigenvalue weighted by Crippen LogP contribution is 2.27. The quantitative estimate of drug-likeness (QED) is 0.886. The standard InChI is InChI=1S/C19H25N3O2/c1-13(2)21-18(23)19(9-4-10-20-19)12-16-11-17(22-24-16)15-7-5-14(3)6-8-15/h5-8,11,13,20H,4,9-10,12H2,1-3H3,(H,21,23)/t19-/m1/s1. The van der Waals surface area contributed by atoms with Crippen LogP contribution >= 0.6 is 0 Å². The summed E-state index contributed by atoms with van der Waals surface area (Å²) in [6, 6.07) is 10.2. The van der Waals surface area contributed by atoms with Gasteiger partial charge in [-0.2, -0.15) is 0 Å². The van der Waals surface area contributed by atoms with Crippen molar-refractivity contribution >= 4 is 5.91 Å². The molecule has 1 amide bonds. The van der Waals surface area contributed by atoms with Crippen molar-refractivity contribution in [2.45, 2.75) is 51.6 Å². The second-order valence-corrected chi connectivity index (χ2v) is 6.96. The van der Waals surface area contributed by atoms with Gasteiger partial charge in [0.15, 0.2) is 0 Å². The van der Waals surface area contributed by atoms with E-state index >= 15 is 0 Å². The molecule has 0 radical (unpaired) electrons. The first kappa shape index (κ1) is 16.7. The lowest BCUT2D eigenvalue weighted by Gasteiger charge is -2.28. The van der Waals surface area contributed by atoms with Crippen molar-refractivity contribution in [1.29, 1.82) is 0 Å². The van der Waals surface area contributed by atoms with Crippen LogP contribution in [0, 0.1) is 6.92 Å². The van der Waals surface area contributed by atoms with Crippen molar-refractivity contribution in [2.75, 3.05) is 6.54 Å². The van der Waals surface area contributed by atoms with Gasteiger partial charge in [0.1, 0.15) is 17.0 Å². The van der Waals surface area contributed by atoms with Crippen molar-refractivity contribution in [2.24, 2.45) is 0 Å². The van der Waals surface area contributed by atoms with Crippen LogP contribution in [0.15, 0.2) is 34.9 Å². The van der Waals surface area contributed by atoms with Crippen LogP contribution in [-0.4, -0.2) is 29.2 Å². The van der Waals surface area contributed by atoms with Gasteiger partial charge in [-0.05, 0) is 40.2 Å². The number of carbonyl (C=O) groups excluding carboxylic acids is 1. The molecule has 0 bridgehead atoms. The molecule has 5 heteroatoms. The number of hydrogen-bond acceptors (Lipinski definition) is 4. The van der Waals surface area contributed by atoms with Crippen molar-refractivity contribution in [3.05, 3.63) is 41.7 Å². The molecule has 1 fully saturated rings. The maximum atomic E-state index is 12.7. The summed E-state index contributed by atoms with van der Waals surface area (Å²) in [5, 5.41) is 10.6. The summed E-state index contributed by atoms with van der Waals surface area (Å²) in [7, 11) is 0. The molecule has 1 saturated heterocycles. The molecule has 5 nitrogen and oxygen atoms in total. The zero-order valence-corrected chi connectivity index (χ0v) is 14.6. The van der Waals surface area contributed by atoms with Crippen LogP contribution in [0.4, 0.5) is 0 Å². The Labute approximate surface area is 142 Å². The third-order valence-corrected chi connectivity index (χ3v) is 4.48. The molecule has 1 aromatic heterocycles. The molecule has 2 N–H and O–H groups in total. The Morgan fingerprint density at radius 1 is 1.38 bits per heavy atom. The summed E-state index contributed by atoms with van der Waals surface area (Å²) in [4.78, 5) is 12.7. The summed E-state index contributed by atoms with van der Waals surface area (Å²) in [6.45, 7) is 6.86. The van der Waals surface area contributed by atoms with E-state index in [0.29, 0.717) is 6.42 Å². The van der Waals surface area contributed by atoms with E-state index in [-0.39, 0.29) is 11.9 Å². The van der Waals surface area contributed by atoms with Crippen molar-refractivity contribution in [3.63, 3.8) is 0 Å². The lowest BCUT2D eigenvalue weighted by atomic mass is 9.90. The van der Waals surface area contributed by atoms with Gasteiger partial charge in [-0.3, -0.25) is 4.79 Å². The van der Waals surface area contributed by atoms with E-state index in [9.17, 15) is 4.79 Å². The molecule has 24 heavy (non-hydrogen) atoms. The Morgan fingerprint density at radius 3 is 2.75 bits per heavy atom. The number of carbonyl (C=O) groups is 1. The lowest BCUT2D eigenvalue weighted by Crippen LogP contribution is -2.56. The number of nitrogens with one attached hydrogen (secondary N) is 2. The maximum Gasteiger partial charge on any atom is 0.240 e. The topological polar surface area (TPSA) is 67.2 Å². The third kappa shape index (κ3) is 3.51. The predicted molar refractivity (Wildman–Crippen MR) is 93.6 cm³/mol. The van der Waals surface area contributed by atoms with E-state index in [0.717, 1.165) is 36.4 Å². The summed E-state index contributed by atoms with van der Waals surface area (Å²) >= 11 is 0. The van der Waals surface area contributed by atoms with Crippen molar-refractivity contribution in [3.8, 4) is 11.3 Å². The molecule has 1 aliphatic rings. The fourth-order valence-electron chi connectivity index (χ4n) is 3.19. The Balaban J connectivity index is 1.79. The molecule has 2 aromatic rings. The normalized spacial score (nSPS) is 20.5. The van der Waals surface area contributed by atoms with Gasteiger partial charge in [-0.25, -0.2) is 0 Å². The van der Waals surface area contributed by atoms with E-state index in [1.165, 1.54) is 5.56 Å².